The van der Waals surface area contributed by atoms with Crippen LogP contribution >= 0.6 is 22.9 Å². The number of nitrogens with zero attached hydrogens (tertiary/aromatic N) is 2. The molecule has 1 aliphatic rings. The lowest BCUT2D eigenvalue weighted by Gasteiger charge is -2.21. The summed E-state index contributed by atoms with van der Waals surface area (Å²) in [5, 5.41) is 6.48. The van der Waals surface area contributed by atoms with Crippen LogP contribution in [0.15, 0.2) is 60.0 Å². The van der Waals surface area contributed by atoms with Crippen LogP contribution in [-0.2, 0) is 22.4 Å². The Morgan fingerprint density at radius 3 is 2.62 bits per heavy atom. The highest BCUT2D eigenvalue weighted by Crippen LogP contribution is 2.30. The fourth-order valence-electron chi connectivity index (χ4n) is 3.47. The second kappa shape index (κ2) is 9.10. The van der Waals surface area contributed by atoms with E-state index in [9.17, 15) is 14.4 Å². The van der Waals surface area contributed by atoms with Gasteiger partial charge in [-0.25, -0.2) is 9.78 Å². The van der Waals surface area contributed by atoms with Crippen LogP contribution in [0.5, 0.6) is 0 Å². The Morgan fingerprint density at radius 2 is 1.88 bits per heavy atom. The van der Waals surface area contributed by atoms with Crippen LogP contribution in [0, 0.1) is 0 Å². The third-order valence-electron chi connectivity index (χ3n) is 5.25. The van der Waals surface area contributed by atoms with Crippen LogP contribution in [0.1, 0.15) is 24.6 Å². The molecule has 1 aromatic heterocycles. The van der Waals surface area contributed by atoms with E-state index in [0.29, 0.717) is 28.6 Å². The van der Waals surface area contributed by atoms with Gasteiger partial charge >= 0.3 is 6.03 Å². The lowest BCUT2D eigenvalue weighted by molar-refractivity contribution is -0.138. The molecule has 9 heteroatoms. The third-order valence-corrected chi connectivity index (χ3v) is 6.51. The molecule has 1 aliphatic heterocycles. The molecule has 0 aliphatic carbocycles. The number of amides is 4. The van der Waals surface area contributed by atoms with Gasteiger partial charge in [0, 0.05) is 10.9 Å². The highest BCUT2D eigenvalue weighted by atomic mass is 35.5. The number of hydrazine groups is 1. The number of nitrogens with one attached hydrogen (secondary N) is 2. The minimum Gasteiger partial charge on any atom is -0.322 e. The van der Waals surface area contributed by atoms with Gasteiger partial charge in [0.25, 0.3) is 5.91 Å². The quantitative estimate of drug-likeness (QED) is 0.513. The first-order valence-electron chi connectivity index (χ1n) is 10.1. The van der Waals surface area contributed by atoms with E-state index in [4.69, 9.17) is 11.6 Å². The van der Waals surface area contributed by atoms with E-state index < -0.39 is 23.4 Å². The fraction of sp³-hybridized carbons (Fsp3) is 0.217. The first kappa shape index (κ1) is 22.0. The van der Waals surface area contributed by atoms with Gasteiger partial charge in [0.1, 0.15) is 10.5 Å². The molecule has 7 nitrogen and oxygen atoms in total. The van der Waals surface area contributed by atoms with E-state index >= 15 is 0 Å². The van der Waals surface area contributed by atoms with Crippen molar-refractivity contribution in [2.45, 2.75) is 31.7 Å². The fourth-order valence-corrected chi connectivity index (χ4v) is 4.61. The van der Waals surface area contributed by atoms with Crippen molar-refractivity contribution in [1.82, 2.24) is 20.7 Å². The van der Waals surface area contributed by atoms with Gasteiger partial charge < -0.3 is 5.32 Å². The maximum Gasteiger partial charge on any atom is 0.344 e. The molecule has 0 radical (unpaired) electrons. The van der Waals surface area contributed by atoms with Gasteiger partial charge in [0.2, 0.25) is 5.91 Å². The van der Waals surface area contributed by atoms with Crippen molar-refractivity contribution in [2.75, 3.05) is 0 Å². The predicted molar refractivity (Wildman–Crippen MR) is 123 cm³/mol. The van der Waals surface area contributed by atoms with Crippen molar-refractivity contribution in [3.05, 3.63) is 76.3 Å². The van der Waals surface area contributed by atoms with Gasteiger partial charge in [0.15, 0.2) is 0 Å². The molecule has 2 aromatic carbocycles. The first-order valence-corrected chi connectivity index (χ1v) is 11.3. The average molecular weight is 469 g/mol. The molecule has 4 rings (SSSR count). The molecule has 0 bridgehead atoms. The largest absolute Gasteiger partial charge is 0.344 e. The highest BCUT2D eigenvalue weighted by molar-refractivity contribution is 7.13. The van der Waals surface area contributed by atoms with Crippen LogP contribution in [0.3, 0.4) is 0 Å². The molecule has 2 N–H and O–H groups in total. The van der Waals surface area contributed by atoms with Gasteiger partial charge in [-0.1, -0.05) is 60.1 Å². The summed E-state index contributed by atoms with van der Waals surface area (Å²) in [5.41, 5.74) is 3.71. The zero-order valence-corrected chi connectivity index (χ0v) is 18.9. The molecule has 1 saturated heterocycles. The zero-order valence-electron chi connectivity index (χ0n) is 17.3. The summed E-state index contributed by atoms with van der Waals surface area (Å²) >= 11 is 7.58. The highest BCUT2D eigenvalue weighted by Gasteiger charge is 2.48. The zero-order chi connectivity index (χ0) is 22.7. The Labute approximate surface area is 194 Å². The molecular formula is C23H21ClN4O3S. The number of aryl methyl sites for hydroxylation is 1. The third kappa shape index (κ3) is 4.66. The van der Waals surface area contributed by atoms with Gasteiger partial charge in [-0.2, -0.15) is 5.01 Å². The van der Waals surface area contributed by atoms with Crippen molar-refractivity contribution in [3.8, 4) is 10.6 Å². The molecule has 3 aromatic rings. The predicted octanol–water partition coefficient (Wildman–Crippen LogP) is 3.98. The number of aromatic nitrogens is 1. The van der Waals surface area contributed by atoms with E-state index in [0.717, 1.165) is 16.1 Å². The molecule has 4 amide bonds. The topological polar surface area (TPSA) is 91.4 Å². The molecule has 0 spiro atoms. The van der Waals surface area contributed by atoms with Crippen molar-refractivity contribution in [2.24, 2.45) is 0 Å². The van der Waals surface area contributed by atoms with Crippen molar-refractivity contribution < 1.29 is 14.4 Å². The van der Waals surface area contributed by atoms with Crippen LogP contribution in [-0.4, -0.2) is 33.4 Å². The summed E-state index contributed by atoms with van der Waals surface area (Å²) in [6.45, 7) is 1.67. The summed E-state index contributed by atoms with van der Waals surface area (Å²) in [7, 11) is 0. The van der Waals surface area contributed by atoms with Crippen LogP contribution < -0.4 is 10.7 Å². The second-order valence-corrected chi connectivity index (χ2v) is 8.99. The summed E-state index contributed by atoms with van der Waals surface area (Å²) in [6, 6.07) is 16.4. The summed E-state index contributed by atoms with van der Waals surface area (Å²) in [5.74, 6) is -0.987. The molecule has 0 unspecified atom stereocenters. The number of urea groups is 1. The molecule has 2 heterocycles. The number of benzene rings is 2. The number of hydrogen-bond donors (Lipinski definition) is 2. The number of carbonyl (C=O) groups excluding carboxylic acids is 3. The van der Waals surface area contributed by atoms with E-state index in [1.54, 1.807) is 18.4 Å². The van der Waals surface area contributed by atoms with E-state index in [1.807, 2.05) is 48.5 Å². The Bertz CT molecular complexity index is 1170. The molecule has 0 saturated carbocycles. The number of halogens is 1. The number of rotatable bonds is 7. The summed E-state index contributed by atoms with van der Waals surface area (Å²) in [6.07, 6.45) is 0.967. The maximum atomic E-state index is 12.9. The molecule has 32 heavy (non-hydrogen) atoms. The van der Waals surface area contributed by atoms with Gasteiger partial charge in [-0.15, -0.1) is 11.3 Å². The lowest BCUT2D eigenvalue weighted by atomic mass is 9.93. The first-order chi connectivity index (χ1) is 15.4. The van der Waals surface area contributed by atoms with Crippen molar-refractivity contribution in [3.63, 3.8) is 0 Å². The van der Waals surface area contributed by atoms with Crippen LogP contribution in [0.2, 0.25) is 5.02 Å². The van der Waals surface area contributed by atoms with Gasteiger partial charge in [-0.05, 0) is 31.4 Å². The number of thiazole rings is 1. The molecule has 1 fully saturated rings. The second-order valence-electron chi connectivity index (χ2n) is 7.72. The maximum absolute atomic E-state index is 12.9. The summed E-state index contributed by atoms with van der Waals surface area (Å²) in [4.78, 5) is 42.2. The Kier molecular flexibility index (Phi) is 6.25. The van der Waals surface area contributed by atoms with E-state index in [2.05, 4.69) is 15.7 Å². The minimum atomic E-state index is -1.09. The van der Waals surface area contributed by atoms with Gasteiger partial charge in [-0.3, -0.25) is 15.0 Å². The van der Waals surface area contributed by atoms with Crippen LogP contribution in [0.4, 0.5) is 4.79 Å². The summed E-state index contributed by atoms with van der Waals surface area (Å²) < 4.78 is 0. The number of hydrogen-bond acceptors (Lipinski definition) is 5. The number of imide groups is 1. The van der Waals surface area contributed by atoms with E-state index in [1.165, 1.54) is 11.3 Å². The normalized spacial score (nSPS) is 18.0. The standard InChI is InChI=1S/C23H21ClN4O3S/c1-23(12-11-15-7-3-2-4-8-15)21(30)28(22(31)26-23)27-19(29)13-16-14-32-20(25-16)17-9-5-6-10-18(17)24/h2-10,14H,11-13H2,1H3,(H,26,31)(H,27,29)/t23-/m0/s1. The Balaban J connectivity index is 1.37. The van der Waals surface area contributed by atoms with Gasteiger partial charge in [0.05, 0.1) is 17.1 Å². The number of carbonyl (C=O) groups is 3. The van der Waals surface area contributed by atoms with Crippen molar-refractivity contribution >= 4 is 40.8 Å². The SMILES string of the molecule is C[C@@]1(CCc2ccccc2)NC(=O)N(NC(=O)Cc2csc(-c3ccccc3Cl)n2)C1=O. The lowest BCUT2D eigenvalue weighted by Crippen LogP contribution is -2.49. The average Bonchev–Trinajstić information content (AvgIpc) is 3.32. The molecule has 1 atom stereocenters. The monoisotopic (exact) mass is 468 g/mol. The molecular weight excluding hydrogens is 448 g/mol. The van der Waals surface area contributed by atoms with E-state index in [-0.39, 0.29) is 6.42 Å². The Morgan fingerprint density at radius 1 is 1.16 bits per heavy atom. The Hall–Kier alpha value is -3.23. The smallest absolute Gasteiger partial charge is 0.322 e. The van der Waals surface area contributed by atoms with Crippen molar-refractivity contribution in [1.29, 1.82) is 0 Å². The minimum absolute atomic E-state index is 0.0707. The molecule has 164 valence electrons. The van der Waals surface area contributed by atoms with Crippen LogP contribution in [0.25, 0.3) is 10.6 Å².